The van der Waals surface area contributed by atoms with E-state index >= 15 is 0 Å². The summed E-state index contributed by atoms with van der Waals surface area (Å²) in [5.74, 6) is -1.11. The van der Waals surface area contributed by atoms with Gasteiger partial charge in [0.05, 0.1) is 18.6 Å². The Hall–Kier alpha value is -1.52. The van der Waals surface area contributed by atoms with Crippen LogP contribution in [0.5, 0.6) is 0 Å². The van der Waals surface area contributed by atoms with Crippen LogP contribution >= 0.6 is 0 Å². The van der Waals surface area contributed by atoms with Crippen molar-refractivity contribution in [1.29, 1.82) is 0 Å². The topological polar surface area (TPSA) is 61.8 Å². The van der Waals surface area contributed by atoms with E-state index in [2.05, 4.69) is 0 Å². The molecule has 0 aliphatic carbocycles. The molecule has 2 rings (SSSR count). The average molecular weight is 240 g/mol. The van der Waals surface area contributed by atoms with Crippen LogP contribution in [-0.4, -0.2) is 24.3 Å². The van der Waals surface area contributed by atoms with E-state index in [1.54, 1.807) is 13.8 Å². The second-order valence-electron chi connectivity index (χ2n) is 4.27. The lowest BCUT2D eigenvalue weighted by Gasteiger charge is -2.32. The maximum atomic E-state index is 11.7. The smallest absolute Gasteiger partial charge is 0.337 e. The highest BCUT2D eigenvalue weighted by Crippen LogP contribution is 2.41. The van der Waals surface area contributed by atoms with Crippen molar-refractivity contribution in [1.82, 2.24) is 0 Å². The zero-order valence-electron chi connectivity index (χ0n) is 10.1. The van der Waals surface area contributed by atoms with Gasteiger partial charge >= 0.3 is 11.9 Å². The molecule has 0 radical (unpaired) electrons. The van der Waals surface area contributed by atoms with Crippen molar-refractivity contribution < 1.29 is 23.8 Å². The zero-order valence-corrected chi connectivity index (χ0v) is 10.1. The van der Waals surface area contributed by atoms with E-state index in [4.69, 9.17) is 14.2 Å². The van der Waals surface area contributed by atoms with Crippen LogP contribution in [0.3, 0.4) is 0 Å². The first-order valence-electron chi connectivity index (χ1n) is 5.84. The number of allylic oxidation sites excluding steroid dienone is 1. The minimum Gasteiger partial charge on any atom is -0.463 e. The van der Waals surface area contributed by atoms with Gasteiger partial charge in [0.1, 0.15) is 5.76 Å². The third kappa shape index (κ3) is 2.28. The molecule has 1 saturated heterocycles. The van der Waals surface area contributed by atoms with Crippen LogP contribution in [0.15, 0.2) is 11.3 Å². The van der Waals surface area contributed by atoms with Gasteiger partial charge in [0, 0.05) is 12.8 Å². The highest BCUT2D eigenvalue weighted by atomic mass is 16.7. The molecule has 0 saturated carbocycles. The van der Waals surface area contributed by atoms with Crippen molar-refractivity contribution in [2.45, 2.75) is 45.3 Å². The number of carbonyl (C=O) groups is 2. The van der Waals surface area contributed by atoms with Gasteiger partial charge in [0.15, 0.2) is 0 Å². The molecule has 17 heavy (non-hydrogen) atoms. The fourth-order valence-corrected chi connectivity index (χ4v) is 2.21. The molecule has 1 fully saturated rings. The van der Waals surface area contributed by atoms with Crippen LogP contribution in [0.1, 0.15) is 39.5 Å². The summed E-state index contributed by atoms with van der Waals surface area (Å²) in [6.07, 6.45) is 2.06. The molecule has 94 valence electrons. The summed E-state index contributed by atoms with van der Waals surface area (Å²) < 4.78 is 15.8. The minimum atomic E-state index is -0.957. The van der Waals surface area contributed by atoms with Crippen LogP contribution in [0, 0.1) is 0 Å². The molecule has 2 heterocycles. The molecule has 0 aromatic carbocycles. The standard InChI is InChI=1S/C12H16O5/c1-3-15-11(14)9-7-12(16-8(9)2)6-4-5-10(13)17-12/h3-7H2,1-2H3. The van der Waals surface area contributed by atoms with Crippen LogP contribution < -0.4 is 0 Å². The summed E-state index contributed by atoms with van der Waals surface area (Å²) in [6, 6.07) is 0. The van der Waals surface area contributed by atoms with E-state index in [-0.39, 0.29) is 11.9 Å². The Morgan fingerprint density at radius 2 is 2.24 bits per heavy atom. The normalized spacial score (nSPS) is 28.0. The lowest BCUT2D eigenvalue weighted by Crippen LogP contribution is -2.38. The van der Waals surface area contributed by atoms with Crippen molar-refractivity contribution in [2.75, 3.05) is 6.61 Å². The summed E-state index contributed by atoms with van der Waals surface area (Å²) in [5.41, 5.74) is 0.474. The van der Waals surface area contributed by atoms with Gasteiger partial charge in [-0.05, 0) is 20.3 Å². The van der Waals surface area contributed by atoms with E-state index in [1.807, 2.05) is 0 Å². The first-order chi connectivity index (χ1) is 8.06. The summed E-state index contributed by atoms with van der Waals surface area (Å²) >= 11 is 0. The number of esters is 2. The maximum Gasteiger partial charge on any atom is 0.337 e. The van der Waals surface area contributed by atoms with Gasteiger partial charge in [-0.2, -0.15) is 0 Å². The van der Waals surface area contributed by atoms with Crippen molar-refractivity contribution in [3.63, 3.8) is 0 Å². The number of ether oxygens (including phenoxy) is 3. The number of carbonyl (C=O) groups excluding carboxylic acids is 2. The maximum absolute atomic E-state index is 11.7. The van der Waals surface area contributed by atoms with E-state index in [9.17, 15) is 9.59 Å². The number of rotatable bonds is 2. The summed E-state index contributed by atoms with van der Waals surface area (Å²) in [7, 11) is 0. The van der Waals surface area contributed by atoms with Crippen molar-refractivity contribution >= 4 is 11.9 Å². The molecular formula is C12H16O5. The Morgan fingerprint density at radius 3 is 2.88 bits per heavy atom. The Balaban J connectivity index is 2.10. The van der Waals surface area contributed by atoms with E-state index in [0.717, 1.165) is 6.42 Å². The second-order valence-corrected chi connectivity index (χ2v) is 4.27. The quantitative estimate of drug-likeness (QED) is 0.687. The van der Waals surface area contributed by atoms with Crippen LogP contribution in [0.4, 0.5) is 0 Å². The zero-order chi connectivity index (χ0) is 12.5. The summed E-state index contributed by atoms with van der Waals surface area (Å²) in [4.78, 5) is 23.0. The van der Waals surface area contributed by atoms with E-state index < -0.39 is 5.79 Å². The number of hydrogen-bond donors (Lipinski definition) is 0. The molecule has 2 aliphatic heterocycles. The number of hydrogen-bond acceptors (Lipinski definition) is 5. The average Bonchev–Trinajstić information content (AvgIpc) is 2.55. The molecule has 5 nitrogen and oxygen atoms in total. The lowest BCUT2D eigenvalue weighted by atomic mass is 9.99. The molecule has 0 bridgehead atoms. The van der Waals surface area contributed by atoms with Crippen molar-refractivity contribution in [3.05, 3.63) is 11.3 Å². The molecule has 0 N–H and O–H groups in total. The Labute approximate surface area is 99.7 Å². The molecule has 5 heteroatoms. The molecule has 1 spiro atoms. The van der Waals surface area contributed by atoms with Gasteiger partial charge in [0.2, 0.25) is 0 Å². The Kier molecular flexibility index (Phi) is 3.09. The summed E-state index contributed by atoms with van der Waals surface area (Å²) in [5, 5.41) is 0. The molecule has 0 aromatic rings. The fraction of sp³-hybridized carbons (Fsp3) is 0.667. The van der Waals surface area contributed by atoms with Crippen molar-refractivity contribution in [2.24, 2.45) is 0 Å². The first-order valence-corrected chi connectivity index (χ1v) is 5.84. The van der Waals surface area contributed by atoms with Crippen LogP contribution in [0.2, 0.25) is 0 Å². The first kappa shape index (κ1) is 12.0. The van der Waals surface area contributed by atoms with E-state index in [0.29, 0.717) is 37.2 Å². The molecule has 2 aliphatic rings. The van der Waals surface area contributed by atoms with Gasteiger partial charge in [-0.25, -0.2) is 4.79 Å². The highest BCUT2D eigenvalue weighted by molar-refractivity contribution is 5.89. The minimum absolute atomic E-state index is 0.269. The Morgan fingerprint density at radius 1 is 1.47 bits per heavy atom. The monoisotopic (exact) mass is 240 g/mol. The third-order valence-corrected chi connectivity index (χ3v) is 2.97. The largest absolute Gasteiger partial charge is 0.463 e. The van der Waals surface area contributed by atoms with E-state index in [1.165, 1.54) is 0 Å². The molecule has 1 unspecified atom stereocenters. The highest BCUT2D eigenvalue weighted by Gasteiger charge is 2.47. The van der Waals surface area contributed by atoms with Gasteiger partial charge in [-0.1, -0.05) is 0 Å². The SMILES string of the molecule is CCOC(=O)C1=C(C)OC2(CCCC(=O)O2)C1. The molecule has 0 aromatic heterocycles. The molecular weight excluding hydrogens is 224 g/mol. The molecule has 1 atom stereocenters. The van der Waals surface area contributed by atoms with Gasteiger partial charge in [0.25, 0.3) is 5.79 Å². The second kappa shape index (κ2) is 4.39. The predicted octanol–water partition coefficient (Wildman–Crippen LogP) is 1.67. The van der Waals surface area contributed by atoms with Gasteiger partial charge in [-0.15, -0.1) is 0 Å². The fourth-order valence-electron chi connectivity index (χ4n) is 2.21. The predicted molar refractivity (Wildman–Crippen MR) is 57.7 cm³/mol. The van der Waals surface area contributed by atoms with Gasteiger partial charge < -0.3 is 14.2 Å². The lowest BCUT2D eigenvalue weighted by molar-refractivity contribution is -0.221. The Bertz CT molecular complexity index is 384. The molecule has 0 amide bonds. The van der Waals surface area contributed by atoms with Gasteiger partial charge in [-0.3, -0.25) is 4.79 Å². The third-order valence-electron chi connectivity index (χ3n) is 2.97. The van der Waals surface area contributed by atoms with Crippen LogP contribution in [0.25, 0.3) is 0 Å². The van der Waals surface area contributed by atoms with Crippen LogP contribution in [-0.2, 0) is 23.8 Å². The summed E-state index contributed by atoms with van der Waals surface area (Å²) in [6.45, 7) is 3.77. The van der Waals surface area contributed by atoms with Crippen molar-refractivity contribution in [3.8, 4) is 0 Å².